The topological polar surface area (TPSA) is 30.5 Å². The first-order valence-electron chi connectivity index (χ1n) is 7.28. The van der Waals surface area contributed by atoms with Crippen LogP contribution in [0.5, 0.6) is 5.75 Å². The molecule has 1 N–H and O–H groups in total. The number of hydrogen-bond acceptors (Lipinski definition) is 3. The highest BCUT2D eigenvalue weighted by Crippen LogP contribution is 2.29. The van der Waals surface area contributed by atoms with Gasteiger partial charge >= 0.3 is 0 Å². The van der Waals surface area contributed by atoms with Crippen LogP contribution in [0.3, 0.4) is 0 Å². The molecule has 0 spiro atoms. The normalized spacial score (nSPS) is 24.4. The first-order valence-corrected chi connectivity index (χ1v) is 8.07. The standard InChI is InChI=1S/C16H24BrNO2/c1-11(12-8-9-15(19-2)13(17)10-12)18-14-6-4-5-7-16(14)20-3/h8-11,14,16,18H,4-7H2,1-3H3. The predicted molar refractivity (Wildman–Crippen MR) is 85.3 cm³/mol. The van der Waals surface area contributed by atoms with Crippen molar-refractivity contribution in [2.24, 2.45) is 0 Å². The van der Waals surface area contributed by atoms with Gasteiger partial charge < -0.3 is 14.8 Å². The Morgan fingerprint density at radius 1 is 1.25 bits per heavy atom. The van der Waals surface area contributed by atoms with E-state index in [4.69, 9.17) is 9.47 Å². The summed E-state index contributed by atoms with van der Waals surface area (Å²) in [5.74, 6) is 0.869. The molecule has 0 amide bonds. The largest absolute Gasteiger partial charge is 0.496 e. The van der Waals surface area contributed by atoms with E-state index in [1.807, 2.05) is 13.2 Å². The maximum atomic E-state index is 5.61. The summed E-state index contributed by atoms with van der Waals surface area (Å²) in [6.07, 6.45) is 5.26. The molecule has 1 fully saturated rings. The third-order valence-electron chi connectivity index (χ3n) is 4.15. The van der Waals surface area contributed by atoms with E-state index in [9.17, 15) is 0 Å². The van der Waals surface area contributed by atoms with Crippen molar-refractivity contribution in [3.8, 4) is 5.75 Å². The minimum Gasteiger partial charge on any atom is -0.496 e. The van der Waals surface area contributed by atoms with Crippen LogP contribution in [-0.4, -0.2) is 26.4 Å². The quantitative estimate of drug-likeness (QED) is 0.875. The Labute approximate surface area is 130 Å². The molecule has 3 unspecified atom stereocenters. The summed E-state index contributed by atoms with van der Waals surface area (Å²) >= 11 is 3.55. The average Bonchev–Trinajstić information content (AvgIpc) is 2.47. The van der Waals surface area contributed by atoms with Crippen LogP contribution in [0.25, 0.3) is 0 Å². The van der Waals surface area contributed by atoms with Crippen LogP contribution < -0.4 is 10.1 Å². The molecule has 3 nitrogen and oxygen atoms in total. The maximum absolute atomic E-state index is 5.61. The zero-order valence-corrected chi connectivity index (χ0v) is 14.1. The summed E-state index contributed by atoms with van der Waals surface area (Å²) in [7, 11) is 3.51. The minimum atomic E-state index is 0.304. The molecule has 1 aliphatic carbocycles. The molecule has 4 heteroatoms. The smallest absolute Gasteiger partial charge is 0.133 e. The lowest BCUT2D eigenvalue weighted by atomic mass is 9.91. The van der Waals surface area contributed by atoms with Gasteiger partial charge in [-0.2, -0.15) is 0 Å². The minimum absolute atomic E-state index is 0.304. The van der Waals surface area contributed by atoms with E-state index in [0.29, 0.717) is 18.2 Å². The van der Waals surface area contributed by atoms with E-state index in [1.165, 1.54) is 24.8 Å². The van der Waals surface area contributed by atoms with E-state index in [1.54, 1.807) is 7.11 Å². The number of nitrogens with one attached hydrogen (secondary N) is 1. The molecule has 0 aliphatic heterocycles. The zero-order chi connectivity index (χ0) is 14.5. The van der Waals surface area contributed by atoms with Crippen LogP contribution in [0.15, 0.2) is 22.7 Å². The molecular formula is C16H24BrNO2. The van der Waals surface area contributed by atoms with E-state index >= 15 is 0 Å². The molecule has 2 rings (SSSR count). The summed E-state index contributed by atoms with van der Waals surface area (Å²) in [6, 6.07) is 7.00. The van der Waals surface area contributed by atoms with Crippen molar-refractivity contribution in [3.63, 3.8) is 0 Å². The first kappa shape index (κ1) is 15.8. The molecule has 20 heavy (non-hydrogen) atoms. The van der Waals surface area contributed by atoms with Gasteiger partial charge in [-0.05, 0) is 53.4 Å². The Hall–Kier alpha value is -0.580. The van der Waals surface area contributed by atoms with E-state index in [0.717, 1.165) is 16.6 Å². The van der Waals surface area contributed by atoms with Crippen LogP contribution in [0.1, 0.15) is 44.2 Å². The van der Waals surface area contributed by atoms with E-state index < -0.39 is 0 Å². The number of hydrogen-bond donors (Lipinski definition) is 1. The number of benzene rings is 1. The Balaban J connectivity index is 2.03. The highest BCUT2D eigenvalue weighted by molar-refractivity contribution is 9.10. The summed E-state index contributed by atoms with van der Waals surface area (Å²) in [5.41, 5.74) is 1.26. The molecule has 0 heterocycles. The van der Waals surface area contributed by atoms with Crippen molar-refractivity contribution in [2.45, 2.75) is 50.8 Å². The summed E-state index contributed by atoms with van der Waals surface area (Å²) in [4.78, 5) is 0. The number of methoxy groups -OCH3 is 2. The predicted octanol–water partition coefficient (Wildman–Crippen LogP) is 4.07. The van der Waals surface area contributed by atoms with Gasteiger partial charge in [0, 0.05) is 19.2 Å². The van der Waals surface area contributed by atoms with Crippen LogP contribution >= 0.6 is 15.9 Å². The van der Waals surface area contributed by atoms with Gasteiger partial charge in [-0.1, -0.05) is 18.9 Å². The summed E-state index contributed by atoms with van der Waals surface area (Å²) < 4.78 is 11.9. The lowest BCUT2D eigenvalue weighted by Crippen LogP contribution is -2.44. The molecule has 1 aromatic rings. The molecule has 0 bridgehead atoms. The molecule has 0 radical (unpaired) electrons. The fraction of sp³-hybridized carbons (Fsp3) is 0.625. The third-order valence-corrected chi connectivity index (χ3v) is 4.76. The molecular weight excluding hydrogens is 318 g/mol. The molecule has 1 aromatic carbocycles. The van der Waals surface area contributed by atoms with Gasteiger partial charge in [-0.3, -0.25) is 0 Å². The van der Waals surface area contributed by atoms with Crippen LogP contribution in [-0.2, 0) is 4.74 Å². The lowest BCUT2D eigenvalue weighted by Gasteiger charge is -2.33. The second kappa shape index (κ2) is 7.43. The maximum Gasteiger partial charge on any atom is 0.133 e. The van der Waals surface area contributed by atoms with Gasteiger partial charge in [0.25, 0.3) is 0 Å². The lowest BCUT2D eigenvalue weighted by molar-refractivity contribution is 0.0384. The Kier molecular flexibility index (Phi) is 5.87. The van der Waals surface area contributed by atoms with Crippen molar-refractivity contribution in [2.75, 3.05) is 14.2 Å². The summed E-state index contributed by atoms with van der Waals surface area (Å²) in [5, 5.41) is 3.71. The SMILES string of the molecule is COc1ccc(C(C)NC2CCCCC2OC)cc1Br. The fourth-order valence-electron chi connectivity index (χ4n) is 2.94. The molecule has 1 saturated carbocycles. The third kappa shape index (κ3) is 3.74. The highest BCUT2D eigenvalue weighted by Gasteiger charge is 2.26. The highest BCUT2D eigenvalue weighted by atomic mass is 79.9. The molecule has 1 aliphatic rings. The van der Waals surface area contributed by atoms with Gasteiger partial charge in [-0.25, -0.2) is 0 Å². The fourth-order valence-corrected chi connectivity index (χ4v) is 3.50. The van der Waals surface area contributed by atoms with Crippen molar-refractivity contribution >= 4 is 15.9 Å². The van der Waals surface area contributed by atoms with E-state index in [-0.39, 0.29) is 0 Å². The van der Waals surface area contributed by atoms with Gasteiger partial charge in [0.1, 0.15) is 5.75 Å². The Bertz CT molecular complexity index is 438. The van der Waals surface area contributed by atoms with Gasteiger partial charge in [-0.15, -0.1) is 0 Å². The van der Waals surface area contributed by atoms with Crippen LogP contribution in [0, 0.1) is 0 Å². The average molecular weight is 342 g/mol. The van der Waals surface area contributed by atoms with E-state index in [2.05, 4.69) is 40.3 Å². The molecule has 3 atom stereocenters. The zero-order valence-electron chi connectivity index (χ0n) is 12.5. The monoisotopic (exact) mass is 341 g/mol. The van der Waals surface area contributed by atoms with Crippen LogP contribution in [0.4, 0.5) is 0 Å². The van der Waals surface area contributed by atoms with Crippen molar-refractivity contribution in [1.29, 1.82) is 0 Å². The first-order chi connectivity index (χ1) is 9.65. The Morgan fingerprint density at radius 2 is 2.00 bits per heavy atom. The summed E-state index contributed by atoms with van der Waals surface area (Å²) in [6.45, 7) is 2.20. The molecule has 0 aromatic heterocycles. The second-order valence-electron chi connectivity index (χ2n) is 5.45. The molecule has 112 valence electrons. The van der Waals surface area contributed by atoms with Gasteiger partial charge in [0.05, 0.1) is 17.7 Å². The van der Waals surface area contributed by atoms with Crippen molar-refractivity contribution < 1.29 is 9.47 Å². The van der Waals surface area contributed by atoms with Crippen molar-refractivity contribution in [1.82, 2.24) is 5.32 Å². The Morgan fingerprint density at radius 3 is 2.65 bits per heavy atom. The number of rotatable bonds is 5. The van der Waals surface area contributed by atoms with Crippen molar-refractivity contribution in [3.05, 3.63) is 28.2 Å². The van der Waals surface area contributed by atoms with Gasteiger partial charge in [0.2, 0.25) is 0 Å². The second-order valence-corrected chi connectivity index (χ2v) is 6.30. The molecule has 0 saturated heterocycles. The number of ether oxygens (including phenoxy) is 2. The van der Waals surface area contributed by atoms with Gasteiger partial charge in [0.15, 0.2) is 0 Å². The number of halogens is 1. The van der Waals surface area contributed by atoms with Crippen LogP contribution in [0.2, 0.25) is 0 Å².